The summed E-state index contributed by atoms with van der Waals surface area (Å²) >= 11 is 1.81. The van der Waals surface area contributed by atoms with Gasteiger partial charge in [-0.2, -0.15) is 0 Å². The summed E-state index contributed by atoms with van der Waals surface area (Å²) in [5, 5.41) is 14.2. The number of hydrogen-bond donors (Lipinski definition) is 1. The maximum absolute atomic E-state index is 11.7. The molecule has 0 aliphatic rings. The quantitative estimate of drug-likeness (QED) is 0.525. The first-order valence-corrected chi connectivity index (χ1v) is 9.74. The lowest BCUT2D eigenvalue weighted by molar-refractivity contribution is 0.0630. The minimum absolute atomic E-state index is 0.650. The molecule has 0 amide bonds. The molecule has 26 heavy (non-hydrogen) atoms. The van der Waals surface area contributed by atoms with Crippen LogP contribution in [-0.4, -0.2) is 30.6 Å². The molecule has 0 aliphatic heterocycles. The fourth-order valence-electron chi connectivity index (χ4n) is 3.54. The van der Waals surface area contributed by atoms with E-state index in [1.807, 2.05) is 44.4 Å². The van der Waals surface area contributed by atoms with Crippen molar-refractivity contribution in [2.45, 2.75) is 12.0 Å². The van der Waals surface area contributed by atoms with Crippen LogP contribution in [0.5, 0.6) is 0 Å². The van der Waals surface area contributed by atoms with Gasteiger partial charge in [-0.25, -0.2) is 0 Å². The van der Waals surface area contributed by atoms with Crippen LogP contribution in [0.4, 0.5) is 0 Å². The summed E-state index contributed by atoms with van der Waals surface area (Å²) in [4.78, 5) is 2.12. The van der Waals surface area contributed by atoms with Crippen molar-refractivity contribution in [3.63, 3.8) is 0 Å². The summed E-state index contributed by atoms with van der Waals surface area (Å²) in [7, 11) is 4.09. The molecular weight excluding hydrogens is 338 g/mol. The number of aliphatic hydroxyl groups is 1. The summed E-state index contributed by atoms with van der Waals surface area (Å²) in [6.45, 7) is 0.813. The molecule has 132 valence electrons. The van der Waals surface area contributed by atoms with Crippen LogP contribution < -0.4 is 0 Å². The molecule has 4 rings (SSSR count). The summed E-state index contributed by atoms with van der Waals surface area (Å²) in [5.74, 6) is 0. The van der Waals surface area contributed by atoms with Crippen LogP contribution >= 0.6 is 11.3 Å². The van der Waals surface area contributed by atoms with Gasteiger partial charge in [0.05, 0.1) is 0 Å². The lowest BCUT2D eigenvalue weighted by Crippen LogP contribution is -2.31. The molecule has 1 heterocycles. The van der Waals surface area contributed by atoms with E-state index < -0.39 is 5.60 Å². The van der Waals surface area contributed by atoms with Crippen LogP contribution in [0.2, 0.25) is 0 Å². The maximum atomic E-state index is 11.7. The van der Waals surface area contributed by atoms with Crippen LogP contribution in [0, 0.1) is 0 Å². The number of rotatable bonds is 5. The topological polar surface area (TPSA) is 23.5 Å². The Bertz CT molecular complexity index is 1040. The standard InChI is InChI=1S/C23H23NOS/c1-24(2)15-14-23(25,17-8-4-3-5-9-17)18-12-13-22-20(16-18)19-10-6-7-11-21(19)26-22/h3-13,16,25H,14-15H2,1-2H3. The van der Waals surface area contributed by atoms with E-state index >= 15 is 0 Å². The average molecular weight is 362 g/mol. The van der Waals surface area contributed by atoms with Crippen molar-refractivity contribution < 1.29 is 5.11 Å². The molecule has 0 bridgehead atoms. The first kappa shape index (κ1) is 17.2. The molecule has 0 saturated carbocycles. The second kappa shape index (κ2) is 6.84. The Hall–Kier alpha value is -2.20. The van der Waals surface area contributed by atoms with Gasteiger partial charge in [-0.3, -0.25) is 0 Å². The van der Waals surface area contributed by atoms with Crippen LogP contribution in [0.25, 0.3) is 20.2 Å². The third-order valence-electron chi connectivity index (χ3n) is 5.03. The molecule has 3 heteroatoms. The van der Waals surface area contributed by atoms with Gasteiger partial charge in [0, 0.05) is 26.7 Å². The van der Waals surface area contributed by atoms with Crippen LogP contribution in [0.3, 0.4) is 0 Å². The summed E-state index contributed by atoms with van der Waals surface area (Å²) in [6.07, 6.45) is 0.650. The van der Waals surface area contributed by atoms with Crippen LogP contribution in [-0.2, 0) is 5.60 Å². The molecule has 0 fully saturated rings. The Balaban J connectivity index is 1.88. The zero-order valence-corrected chi connectivity index (χ0v) is 16.0. The third kappa shape index (κ3) is 3.03. The molecule has 0 aliphatic carbocycles. The smallest absolute Gasteiger partial charge is 0.116 e. The number of benzene rings is 3. The normalized spacial score (nSPS) is 14.2. The first-order valence-electron chi connectivity index (χ1n) is 8.92. The fourth-order valence-corrected chi connectivity index (χ4v) is 4.62. The largest absolute Gasteiger partial charge is 0.380 e. The molecule has 0 saturated heterocycles. The number of thiophene rings is 1. The van der Waals surface area contributed by atoms with Crippen molar-refractivity contribution in [3.8, 4) is 0 Å². The zero-order chi connectivity index (χ0) is 18.1. The summed E-state index contributed by atoms with van der Waals surface area (Å²) in [5.41, 5.74) is 0.908. The van der Waals surface area contributed by atoms with Crippen LogP contribution in [0.1, 0.15) is 17.5 Å². The molecule has 0 radical (unpaired) electrons. The van der Waals surface area contributed by atoms with E-state index in [-0.39, 0.29) is 0 Å². The lowest BCUT2D eigenvalue weighted by atomic mass is 9.83. The van der Waals surface area contributed by atoms with Crippen molar-refractivity contribution in [3.05, 3.63) is 83.9 Å². The van der Waals surface area contributed by atoms with Gasteiger partial charge in [0.15, 0.2) is 0 Å². The summed E-state index contributed by atoms with van der Waals surface area (Å²) < 4.78 is 2.55. The Morgan fingerprint density at radius 1 is 0.808 bits per heavy atom. The predicted molar refractivity (Wildman–Crippen MR) is 112 cm³/mol. The van der Waals surface area contributed by atoms with Crippen molar-refractivity contribution in [1.29, 1.82) is 0 Å². The van der Waals surface area contributed by atoms with E-state index in [0.29, 0.717) is 6.42 Å². The Morgan fingerprint density at radius 3 is 2.27 bits per heavy atom. The van der Waals surface area contributed by atoms with Crippen molar-refractivity contribution >= 4 is 31.5 Å². The Morgan fingerprint density at radius 2 is 1.50 bits per heavy atom. The van der Waals surface area contributed by atoms with E-state index in [1.54, 1.807) is 11.3 Å². The highest BCUT2D eigenvalue weighted by atomic mass is 32.1. The molecular formula is C23H23NOS. The van der Waals surface area contributed by atoms with E-state index in [2.05, 4.69) is 47.4 Å². The Kier molecular flexibility index (Phi) is 4.53. The predicted octanol–water partition coefficient (Wildman–Crippen LogP) is 5.24. The molecule has 1 unspecified atom stereocenters. The van der Waals surface area contributed by atoms with E-state index in [9.17, 15) is 5.11 Å². The van der Waals surface area contributed by atoms with Gasteiger partial charge in [0.2, 0.25) is 0 Å². The Labute approximate surface area is 158 Å². The first-order chi connectivity index (χ1) is 12.6. The maximum Gasteiger partial charge on any atom is 0.116 e. The highest BCUT2D eigenvalue weighted by molar-refractivity contribution is 7.25. The molecule has 3 aromatic carbocycles. The van der Waals surface area contributed by atoms with E-state index in [0.717, 1.165) is 17.7 Å². The average Bonchev–Trinajstić information content (AvgIpc) is 3.04. The highest BCUT2D eigenvalue weighted by Gasteiger charge is 2.31. The minimum Gasteiger partial charge on any atom is -0.380 e. The molecule has 4 aromatic rings. The molecule has 1 aromatic heterocycles. The molecule has 0 spiro atoms. The van der Waals surface area contributed by atoms with Gasteiger partial charge < -0.3 is 10.0 Å². The SMILES string of the molecule is CN(C)CCC(O)(c1ccccc1)c1ccc2sc3ccccc3c2c1. The zero-order valence-electron chi connectivity index (χ0n) is 15.1. The third-order valence-corrected chi connectivity index (χ3v) is 6.18. The number of fused-ring (bicyclic) bond motifs is 3. The second-order valence-electron chi connectivity index (χ2n) is 7.09. The van der Waals surface area contributed by atoms with E-state index in [4.69, 9.17) is 0 Å². The fraction of sp³-hybridized carbons (Fsp3) is 0.217. The minimum atomic E-state index is -0.997. The van der Waals surface area contributed by atoms with Gasteiger partial charge in [-0.15, -0.1) is 11.3 Å². The van der Waals surface area contributed by atoms with Gasteiger partial charge >= 0.3 is 0 Å². The molecule has 1 atom stereocenters. The van der Waals surface area contributed by atoms with Crippen molar-refractivity contribution in [2.24, 2.45) is 0 Å². The van der Waals surface area contributed by atoms with Gasteiger partial charge in [-0.1, -0.05) is 54.6 Å². The van der Waals surface area contributed by atoms with Gasteiger partial charge in [-0.05, 0) is 49.8 Å². The summed E-state index contributed by atoms with van der Waals surface area (Å²) in [6, 6.07) is 24.9. The van der Waals surface area contributed by atoms with Crippen molar-refractivity contribution in [1.82, 2.24) is 4.90 Å². The molecule has 1 N–H and O–H groups in total. The van der Waals surface area contributed by atoms with Gasteiger partial charge in [0.1, 0.15) is 5.60 Å². The monoisotopic (exact) mass is 361 g/mol. The second-order valence-corrected chi connectivity index (χ2v) is 8.17. The van der Waals surface area contributed by atoms with E-state index in [1.165, 1.54) is 20.2 Å². The number of hydrogen-bond acceptors (Lipinski definition) is 3. The molecule has 2 nitrogen and oxygen atoms in total. The lowest BCUT2D eigenvalue weighted by Gasteiger charge is -2.31. The highest BCUT2D eigenvalue weighted by Crippen LogP contribution is 2.39. The van der Waals surface area contributed by atoms with Crippen LogP contribution in [0.15, 0.2) is 72.8 Å². The van der Waals surface area contributed by atoms with Crippen molar-refractivity contribution in [2.75, 3.05) is 20.6 Å². The van der Waals surface area contributed by atoms with Gasteiger partial charge in [0.25, 0.3) is 0 Å². The number of nitrogens with zero attached hydrogens (tertiary/aromatic N) is 1.